The number of nitrogens with one attached hydrogen (secondary N) is 2. The van der Waals surface area contributed by atoms with Crippen LogP contribution in [0.5, 0.6) is 5.75 Å². The molecule has 4 nitrogen and oxygen atoms in total. The van der Waals surface area contributed by atoms with Crippen molar-refractivity contribution >= 4 is 24.0 Å². The largest absolute Gasteiger partial charge is 0.494 e. The highest BCUT2D eigenvalue weighted by molar-refractivity contribution is 5.92. The molecule has 1 aromatic rings. The number of rotatable bonds is 7. The van der Waals surface area contributed by atoms with Crippen molar-refractivity contribution in [2.45, 2.75) is 20.3 Å². The molecule has 108 valence electrons. The first kappa shape index (κ1) is 17.7. The average molecular weight is 287 g/mol. The van der Waals surface area contributed by atoms with Crippen LogP contribution in [0.15, 0.2) is 24.3 Å². The lowest BCUT2D eigenvalue weighted by Gasteiger charge is -2.09. The molecule has 2 N–H and O–H groups in total. The fraction of sp³-hybridized carbons (Fsp3) is 0.500. The molecule has 0 heterocycles. The summed E-state index contributed by atoms with van der Waals surface area (Å²) in [6.45, 7) is 5.38. The van der Waals surface area contributed by atoms with Gasteiger partial charge in [-0.25, -0.2) is 0 Å². The number of benzene rings is 1. The summed E-state index contributed by atoms with van der Waals surface area (Å²) in [5, 5.41) is 5.59. The summed E-state index contributed by atoms with van der Waals surface area (Å²) in [4.78, 5) is 11.3. The Morgan fingerprint density at radius 1 is 1.26 bits per heavy atom. The molecule has 19 heavy (non-hydrogen) atoms. The fourth-order valence-electron chi connectivity index (χ4n) is 1.41. The molecule has 0 aliphatic heterocycles. The monoisotopic (exact) mass is 286 g/mol. The van der Waals surface area contributed by atoms with Crippen LogP contribution in [0.2, 0.25) is 0 Å². The number of carbonyl (C=O) groups excluding carboxylic acids is 1. The van der Waals surface area contributed by atoms with E-state index in [9.17, 15) is 4.79 Å². The van der Waals surface area contributed by atoms with Gasteiger partial charge in [-0.1, -0.05) is 13.8 Å². The van der Waals surface area contributed by atoms with E-state index in [4.69, 9.17) is 4.74 Å². The van der Waals surface area contributed by atoms with Crippen LogP contribution in [-0.2, 0) is 4.79 Å². The minimum absolute atomic E-state index is 0. The second kappa shape index (κ2) is 9.64. The van der Waals surface area contributed by atoms with Gasteiger partial charge in [-0.3, -0.25) is 4.79 Å². The van der Waals surface area contributed by atoms with Crippen molar-refractivity contribution in [3.8, 4) is 5.75 Å². The van der Waals surface area contributed by atoms with Crippen molar-refractivity contribution in [3.63, 3.8) is 0 Å². The summed E-state index contributed by atoms with van der Waals surface area (Å²) < 4.78 is 5.60. The van der Waals surface area contributed by atoms with Crippen molar-refractivity contribution < 1.29 is 9.53 Å². The molecule has 0 aliphatic carbocycles. The summed E-state index contributed by atoms with van der Waals surface area (Å²) in [7, 11) is 1.74. The highest BCUT2D eigenvalue weighted by atomic mass is 35.5. The molecule has 0 aromatic heterocycles. The van der Waals surface area contributed by atoms with Gasteiger partial charge in [0.05, 0.1) is 13.2 Å². The molecule has 1 aromatic carbocycles. The van der Waals surface area contributed by atoms with Gasteiger partial charge in [0.15, 0.2) is 0 Å². The summed E-state index contributed by atoms with van der Waals surface area (Å²) in [6, 6.07) is 7.43. The molecule has 0 atom stereocenters. The first-order valence-corrected chi connectivity index (χ1v) is 6.29. The van der Waals surface area contributed by atoms with Gasteiger partial charge in [0, 0.05) is 5.69 Å². The Labute approximate surface area is 121 Å². The van der Waals surface area contributed by atoms with E-state index < -0.39 is 0 Å². The van der Waals surface area contributed by atoms with Crippen LogP contribution in [-0.4, -0.2) is 26.1 Å². The van der Waals surface area contributed by atoms with E-state index in [0.717, 1.165) is 24.5 Å². The quantitative estimate of drug-likeness (QED) is 0.810. The van der Waals surface area contributed by atoms with E-state index in [0.29, 0.717) is 12.5 Å². The lowest BCUT2D eigenvalue weighted by molar-refractivity contribution is -0.115. The first-order valence-electron chi connectivity index (χ1n) is 6.29. The van der Waals surface area contributed by atoms with E-state index >= 15 is 0 Å². The van der Waals surface area contributed by atoms with Gasteiger partial charge >= 0.3 is 0 Å². The van der Waals surface area contributed by atoms with Gasteiger partial charge in [-0.15, -0.1) is 12.4 Å². The Morgan fingerprint density at radius 2 is 1.89 bits per heavy atom. The number of carbonyl (C=O) groups is 1. The molecule has 1 amide bonds. The Bertz CT molecular complexity index is 366. The van der Waals surface area contributed by atoms with Crippen LogP contribution < -0.4 is 15.4 Å². The third-order valence-electron chi connectivity index (χ3n) is 2.44. The van der Waals surface area contributed by atoms with Gasteiger partial charge in [-0.2, -0.15) is 0 Å². The predicted octanol–water partition coefficient (Wildman–Crippen LogP) is 2.69. The number of ether oxygens (including phenoxy) is 1. The molecule has 0 saturated heterocycles. The van der Waals surface area contributed by atoms with Gasteiger partial charge in [-0.05, 0) is 43.7 Å². The zero-order valence-corrected chi connectivity index (χ0v) is 12.5. The zero-order valence-electron chi connectivity index (χ0n) is 11.7. The van der Waals surface area contributed by atoms with Crippen LogP contribution in [0.25, 0.3) is 0 Å². The second-order valence-electron chi connectivity index (χ2n) is 4.63. The third-order valence-corrected chi connectivity index (χ3v) is 2.44. The molecule has 0 radical (unpaired) electrons. The van der Waals surface area contributed by atoms with Gasteiger partial charge in [0.25, 0.3) is 0 Å². The van der Waals surface area contributed by atoms with Crippen LogP contribution in [0, 0.1) is 5.92 Å². The Morgan fingerprint density at radius 3 is 2.42 bits per heavy atom. The van der Waals surface area contributed by atoms with Gasteiger partial charge in [0.2, 0.25) is 5.91 Å². The molecular formula is C14H23ClN2O2. The molecule has 0 aliphatic rings. The fourth-order valence-corrected chi connectivity index (χ4v) is 1.41. The van der Waals surface area contributed by atoms with Crippen LogP contribution in [0.4, 0.5) is 5.69 Å². The lowest BCUT2D eigenvalue weighted by atomic mass is 10.1. The number of hydrogen-bond donors (Lipinski definition) is 2. The Kier molecular flexibility index (Phi) is 9.00. The minimum Gasteiger partial charge on any atom is -0.494 e. The van der Waals surface area contributed by atoms with Crippen molar-refractivity contribution in [3.05, 3.63) is 24.3 Å². The topological polar surface area (TPSA) is 50.4 Å². The molecule has 0 bridgehead atoms. The van der Waals surface area contributed by atoms with Crippen molar-refractivity contribution in [1.82, 2.24) is 5.32 Å². The zero-order chi connectivity index (χ0) is 13.4. The lowest BCUT2D eigenvalue weighted by Crippen LogP contribution is -2.24. The van der Waals surface area contributed by atoms with E-state index in [-0.39, 0.29) is 18.3 Å². The van der Waals surface area contributed by atoms with Crippen molar-refractivity contribution in [2.24, 2.45) is 5.92 Å². The molecule has 0 unspecified atom stereocenters. The van der Waals surface area contributed by atoms with Crippen LogP contribution >= 0.6 is 12.4 Å². The SMILES string of the molecule is CNCC(=O)Nc1ccc(OCCC(C)C)cc1.Cl. The number of hydrogen-bond acceptors (Lipinski definition) is 3. The Hall–Kier alpha value is -1.26. The van der Waals surface area contributed by atoms with Crippen molar-refractivity contribution in [2.75, 3.05) is 25.5 Å². The highest BCUT2D eigenvalue weighted by Crippen LogP contribution is 2.16. The first-order chi connectivity index (χ1) is 8.61. The standard InChI is InChI=1S/C14H22N2O2.ClH/c1-11(2)8-9-18-13-6-4-12(5-7-13)16-14(17)10-15-3;/h4-7,11,15H,8-10H2,1-3H3,(H,16,17);1H. The van der Waals surface area contributed by atoms with Crippen LogP contribution in [0.3, 0.4) is 0 Å². The predicted molar refractivity (Wildman–Crippen MR) is 81.2 cm³/mol. The van der Waals surface area contributed by atoms with Gasteiger partial charge < -0.3 is 15.4 Å². The molecule has 0 spiro atoms. The number of likely N-dealkylation sites (N-methyl/N-ethyl adjacent to an activating group) is 1. The number of amides is 1. The maximum atomic E-state index is 11.3. The van der Waals surface area contributed by atoms with E-state index in [2.05, 4.69) is 24.5 Å². The number of halogens is 1. The normalized spacial score (nSPS) is 9.89. The van der Waals surface area contributed by atoms with E-state index in [1.54, 1.807) is 7.05 Å². The molecular weight excluding hydrogens is 264 g/mol. The second-order valence-corrected chi connectivity index (χ2v) is 4.63. The Balaban J connectivity index is 0.00000324. The highest BCUT2D eigenvalue weighted by Gasteiger charge is 2.01. The minimum atomic E-state index is -0.0500. The van der Waals surface area contributed by atoms with Crippen LogP contribution in [0.1, 0.15) is 20.3 Å². The summed E-state index contributed by atoms with van der Waals surface area (Å²) in [5.41, 5.74) is 0.784. The molecule has 0 fully saturated rings. The van der Waals surface area contributed by atoms with Crippen molar-refractivity contribution in [1.29, 1.82) is 0 Å². The third kappa shape index (κ3) is 7.70. The summed E-state index contributed by atoms with van der Waals surface area (Å²) in [5.74, 6) is 1.43. The summed E-state index contributed by atoms with van der Waals surface area (Å²) in [6.07, 6.45) is 1.04. The maximum Gasteiger partial charge on any atom is 0.238 e. The van der Waals surface area contributed by atoms with Gasteiger partial charge in [0.1, 0.15) is 5.75 Å². The summed E-state index contributed by atoms with van der Waals surface area (Å²) >= 11 is 0. The molecule has 5 heteroatoms. The number of anilines is 1. The molecule has 1 rings (SSSR count). The maximum absolute atomic E-state index is 11.3. The van der Waals surface area contributed by atoms with E-state index in [1.807, 2.05) is 24.3 Å². The molecule has 0 saturated carbocycles. The van der Waals surface area contributed by atoms with E-state index in [1.165, 1.54) is 0 Å². The smallest absolute Gasteiger partial charge is 0.238 e. The average Bonchev–Trinajstić information content (AvgIpc) is 2.31.